The lowest BCUT2D eigenvalue weighted by Crippen LogP contribution is -2.53. The molecule has 120 valence electrons. The van der Waals surface area contributed by atoms with Gasteiger partial charge in [-0.25, -0.2) is 4.98 Å². The molecule has 0 saturated carbocycles. The Morgan fingerprint density at radius 1 is 1.39 bits per heavy atom. The van der Waals surface area contributed by atoms with Crippen LogP contribution < -0.4 is 10.1 Å². The van der Waals surface area contributed by atoms with E-state index in [1.807, 2.05) is 43.5 Å². The molecule has 1 amide bonds. The number of nitrogens with one attached hydrogen (secondary N) is 1. The van der Waals surface area contributed by atoms with Crippen molar-refractivity contribution in [3.63, 3.8) is 0 Å². The van der Waals surface area contributed by atoms with Crippen molar-refractivity contribution in [1.82, 2.24) is 10.3 Å². The maximum Gasteiger partial charge on any atom is 0.222 e. The second-order valence-corrected chi connectivity index (χ2v) is 6.18. The Bertz CT molecular complexity index is 761. The number of carbonyl (C=O) groups excluding carboxylic acids is 1. The van der Waals surface area contributed by atoms with E-state index in [4.69, 9.17) is 4.74 Å². The zero-order valence-corrected chi connectivity index (χ0v) is 14.5. The summed E-state index contributed by atoms with van der Waals surface area (Å²) in [5.41, 5.74) is -1.20. The quantitative estimate of drug-likeness (QED) is 0.676. The summed E-state index contributed by atoms with van der Waals surface area (Å²) in [6.07, 6.45) is 3.64. The second kappa shape index (κ2) is 7.38. The summed E-state index contributed by atoms with van der Waals surface area (Å²) >= 11 is 1.48. The summed E-state index contributed by atoms with van der Waals surface area (Å²) in [5.74, 6) is 6.32. The van der Waals surface area contributed by atoms with Gasteiger partial charge in [-0.2, -0.15) is 0 Å². The molecule has 1 heterocycles. The van der Waals surface area contributed by atoms with Gasteiger partial charge in [-0.05, 0) is 37.6 Å². The van der Waals surface area contributed by atoms with E-state index in [0.29, 0.717) is 5.88 Å². The Morgan fingerprint density at radius 3 is 2.78 bits per heavy atom. The molecule has 2 aromatic rings. The lowest BCUT2D eigenvalue weighted by molar-refractivity contribution is -0.120. The van der Waals surface area contributed by atoms with Gasteiger partial charge in [0.15, 0.2) is 5.44 Å². The minimum atomic E-state index is -0.807. The molecule has 0 saturated heterocycles. The van der Waals surface area contributed by atoms with Gasteiger partial charge in [0, 0.05) is 18.5 Å². The molecular weight excluding hydrogens is 308 g/mol. The van der Waals surface area contributed by atoms with Crippen LogP contribution in [-0.2, 0) is 4.79 Å². The number of ether oxygens (including phenoxy) is 1. The third-order valence-electron chi connectivity index (χ3n) is 3.36. The zero-order chi connectivity index (χ0) is 16.9. The number of thioether (sulfide) groups is 1. The molecule has 0 aliphatic heterocycles. The number of benzene rings is 1. The van der Waals surface area contributed by atoms with Crippen molar-refractivity contribution in [2.24, 2.45) is 0 Å². The largest absolute Gasteiger partial charge is 0.459 e. The molecule has 0 aliphatic rings. The summed E-state index contributed by atoms with van der Waals surface area (Å²) in [6.45, 7) is 5.08. The van der Waals surface area contributed by atoms with Crippen molar-refractivity contribution in [3.8, 4) is 17.7 Å². The van der Waals surface area contributed by atoms with Crippen molar-refractivity contribution in [2.75, 3.05) is 6.26 Å². The number of fused-ring (bicyclic) bond motifs is 1. The number of aromatic nitrogens is 1. The van der Waals surface area contributed by atoms with Gasteiger partial charge in [0.1, 0.15) is 5.54 Å². The highest BCUT2D eigenvalue weighted by molar-refractivity contribution is 7.99. The topological polar surface area (TPSA) is 51.2 Å². The van der Waals surface area contributed by atoms with Crippen LogP contribution in [0.15, 0.2) is 36.5 Å². The van der Waals surface area contributed by atoms with Gasteiger partial charge in [0.25, 0.3) is 0 Å². The van der Waals surface area contributed by atoms with E-state index in [1.54, 1.807) is 13.1 Å². The molecule has 4 nitrogen and oxygen atoms in total. The number of pyridine rings is 1. The van der Waals surface area contributed by atoms with Crippen LogP contribution in [0.2, 0.25) is 0 Å². The molecule has 0 fully saturated rings. The van der Waals surface area contributed by atoms with Gasteiger partial charge in [0.2, 0.25) is 11.8 Å². The Morgan fingerprint density at radius 2 is 2.13 bits per heavy atom. The third-order valence-corrected chi connectivity index (χ3v) is 4.36. The molecule has 1 aromatic heterocycles. The first-order valence-electron chi connectivity index (χ1n) is 7.26. The fraction of sp³-hybridized carbons (Fsp3) is 0.333. The smallest absolute Gasteiger partial charge is 0.222 e. The lowest BCUT2D eigenvalue weighted by atomic mass is 10.0. The summed E-state index contributed by atoms with van der Waals surface area (Å²) in [4.78, 5) is 15.9. The fourth-order valence-electron chi connectivity index (χ4n) is 2.46. The molecule has 1 N–H and O–H groups in total. The van der Waals surface area contributed by atoms with Crippen molar-refractivity contribution in [1.29, 1.82) is 0 Å². The average molecular weight is 328 g/mol. The molecule has 1 aromatic carbocycles. The Kier molecular flexibility index (Phi) is 5.51. The number of carbonyl (C=O) groups is 1. The molecule has 0 radical (unpaired) electrons. The van der Waals surface area contributed by atoms with Gasteiger partial charge in [-0.1, -0.05) is 24.1 Å². The molecule has 0 aliphatic carbocycles. The van der Waals surface area contributed by atoms with Crippen LogP contribution in [0.1, 0.15) is 20.8 Å². The Hall–Kier alpha value is -2.19. The predicted octanol–water partition coefficient (Wildman–Crippen LogP) is 3.22. The monoisotopic (exact) mass is 328 g/mol. The number of hydrogen-bond donors (Lipinski definition) is 1. The predicted molar refractivity (Wildman–Crippen MR) is 95.3 cm³/mol. The average Bonchev–Trinajstić information content (AvgIpc) is 2.52. The first kappa shape index (κ1) is 17.2. The number of hydrogen-bond acceptors (Lipinski definition) is 4. The molecule has 23 heavy (non-hydrogen) atoms. The van der Waals surface area contributed by atoms with Crippen LogP contribution in [0.5, 0.6) is 5.88 Å². The molecule has 2 unspecified atom stereocenters. The molecule has 0 spiro atoms. The molecule has 0 bridgehead atoms. The van der Waals surface area contributed by atoms with E-state index in [9.17, 15) is 4.79 Å². The minimum absolute atomic E-state index is 0.149. The van der Waals surface area contributed by atoms with Crippen LogP contribution in [0.3, 0.4) is 0 Å². The third kappa shape index (κ3) is 3.96. The number of rotatable bonds is 5. The molecule has 2 atom stereocenters. The van der Waals surface area contributed by atoms with E-state index in [0.717, 1.165) is 10.8 Å². The molecular formula is C18H20N2O2S. The Balaban J connectivity index is 2.39. The summed E-state index contributed by atoms with van der Waals surface area (Å²) in [6, 6.07) is 9.84. The van der Waals surface area contributed by atoms with Crippen LogP contribution in [0.4, 0.5) is 0 Å². The molecule has 2 rings (SSSR count). The number of nitrogens with zero attached hydrogens (tertiary/aromatic N) is 1. The highest BCUT2D eigenvalue weighted by Crippen LogP contribution is 2.29. The SMILES string of the molecule is CC#CC(C)(NC(C)=O)C(Oc1nccc2ccccc12)SC. The van der Waals surface area contributed by atoms with Gasteiger partial charge in [-0.3, -0.25) is 4.79 Å². The fourth-order valence-corrected chi connectivity index (χ4v) is 3.24. The van der Waals surface area contributed by atoms with Crippen molar-refractivity contribution >= 4 is 28.4 Å². The van der Waals surface area contributed by atoms with Crippen molar-refractivity contribution in [2.45, 2.75) is 31.7 Å². The maximum absolute atomic E-state index is 11.6. The summed E-state index contributed by atoms with van der Waals surface area (Å²) < 4.78 is 6.13. The van der Waals surface area contributed by atoms with Crippen molar-refractivity contribution < 1.29 is 9.53 Å². The lowest BCUT2D eigenvalue weighted by Gasteiger charge is -2.32. The normalized spacial score (nSPS) is 14.3. The first-order valence-corrected chi connectivity index (χ1v) is 8.55. The summed E-state index contributed by atoms with van der Waals surface area (Å²) in [5, 5.41) is 4.88. The highest BCUT2D eigenvalue weighted by atomic mass is 32.2. The van der Waals surface area contributed by atoms with Gasteiger partial charge < -0.3 is 10.1 Å². The van der Waals surface area contributed by atoms with E-state index in [-0.39, 0.29) is 5.91 Å². The zero-order valence-electron chi connectivity index (χ0n) is 13.7. The van der Waals surface area contributed by atoms with Crippen LogP contribution in [-0.4, -0.2) is 28.1 Å². The highest BCUT2D eigenvalue weighted by Gasteiger charge is 2.35. The van der Waals surface area contributed by atoms with Crippen LogP contribution in [0.25, 0.3) is 10.8 Å². The van der Waals surface area contributed by atoms with Crippen LogP contribution >= 0.6 is 11.8 Å². The summed E-state index contributed by atoms with van der Waals surface area (Å²) in [7, 11) is 0. The van der Waals surface area contributed by atoms with E-state index < -0.39 is 11.0 Å². The molecule has 5 heteroatoms. The van der Waals surface area contributed by atoms with Gasteiger partial charge in [-0.15, -0.1) is 17.7 Å². The minimum Gasteiger partial charge on any atom is -0.459 e. The van der Waals surface area contributed by atoms with E-state index >= 15 is 0 Å². The maximum atomic E-state index is 11.6. The van der Waals surface area contributed by atoms with E-state index in [2.05, 4.69) is 22.1 Å². The van der Waals surface area contributed by atoms with Crippen LogP contribution in [0, 0.1) is 11.8 Å². The van der Waals surface area contributed by atoms with E-state index in [1.165, 1.54) is 18.7 Å². The first-order chi connectivity index (χ1) is 11.0. The Labute approximate surface area is 141 Å². The second-order valence-electron chi connectivity index (χ2n) is 5.28. The standard InChI is InChI=1S/C18H20N2O2S/c1-5-11-18(3,20-13(2)21)17(23-4)22-16-15-9-7-6-8-14(15)10-12-19-16/h6-10,12,17H,1-4H3,(H,20,21). The van der Waals surface area contributed by atoms with Crippen molar-refractivity contribution in [3.05, 3.63) is 36.5 Å². The van der Waals surface area contributed by atoms with Gasteiger partial charge >= 0.3 is 0 Å². The van der Waals surface area contributed by atoms with Gasteiger partial charge in [0.05, 0.1) is 0 Å². The number of amides is 1.